The maximum absolute atomic E-state index is 12.7. The summed E-state index contributed by atoms with van der Waals surface area (Å²) >= 11 is 0. The molecule has 1 aliphatic heterocycles. The lowest BCUT2D eigenvalue weighted by Gasteiger charge is -2.25. The van der Waals surface area contributed by atoms with Crippen LogP contribution in [0.1, 0.15) is 41.5 Å². The number of carbonyl (C=O) groups is 2. The molecule has 24 heavy (non-hydrogen) atoms. The number of aromatic amines is 1. The van der Waals surface area contributed by atoms with Crippen LogP contribution in [-0.2, 0) is 16.6 Å². The molecule has 2 aromatic rings. The molecule has 1 atom stereocenters. The molecule has 1 saturated heterocycles. The van der Waals surface area contributed by atoms with Crippen molar-refractivity contribution in [3.05, 3.63) is 53.3 Å². The van der Waals surface area contributed by atoms with Crippen molar-refractivity contribution in [3.63, 3.8) is 0 Å². The number of benzene rings is 1. The lowest BCUT2D eigenvalue weighted by atomic mass is 9.80. The molecule has 0 aliphatic carbocycles. The Labute approximate surface area is 140 Å². The van der Waals surface area contributed by atoms with Crippen molar-refractivity contribution in [3.8, 4) is 0 Å². The van der Waals surface area contributed by atoms with Crippen LogP contribution < -0.4 is 0 Å². The molecule has 126 valence electrons. The van der Waals surface area contributed by atoms with Crippen LogP contribution in [0.15, 0.2) is 36.4 Å². The van der Waals surface area contributed by atoms with E-state index in [1.807, 2.05) is 30.3 Å². The molecule has 1 aromatic carbocycles. The van der Waals surface area contributed by atoms with Gasteiger partial charge in [-0.25, -0.2) is 0 Å². The van der Waals surface area contributed by atoms with Crippen LogP contribution in [0.5, 0.6) is 0 Å². The topological polar surface area (TPSA) is 86.3 Å². The molecule has 1 fully saturated rings. The number of carboxylic acid groups (broad SMARTS) is 1. The smallest absolute Gasteiger partial charge is 0.316 e. The highest BCUT2D eigenvalue weighted by molar-refractivity contribution is 5.94. The summed E-state index contributed by atoms with van der Waals surface area (Å²) in [6.45, 7) is 2.64. The number of H-pyrrole nitrogens is 1. The van der Waals surface area contributed by atoms with Gasteiger partial charge in [0.1, 0.15) is 11.1 Å². The van der Waals surface area contributed by atoms with Gasteiger partial charge in [0.05, 0.1) is 0 Å². The van der Waals surface area contributed by atoms with Crippen molar-refractivity contribution < 1.29 is 14.7 Å². The average Bonchev–Trinajstić information content (AvgIpc) is 3.23. The maximum atomic E-state index is 12.7. The molecule has 2 N–H and O–H groups in total. The number of likely N-dealkylation sites (tertiary alicyclic amines) is 1. The van der Waals surface area contributed by atoms with Gasteiger partial charge in [0.2, 0.25) is 0 Å². The normalized spacial score (nSPS) is 20.3. The number of nitrogens with zero attached hydrogens (tertiary/aromatic N) is 2. The second-order valence-electron chi connectivity index (χ2n) is 6.26. The third-order valence-electron chi connectivity index (χ3n) is 4.66. The fraction of sp³-hybridized carbons (Fsp3) is 0.389. The maximum Gasteiger partial charge on any atom is 0.316 e. The minimum Gasteiger partial charge on any atom is -0.481 e. The standard InChI is InChI=1S/C18H21N3O3/c1-2-6-14-11-15(20-19-14)16(22)21-10-9-18(12-21,17(23)24)13-7-4-3-5-8-13/h3-5,7-8,11H,2,6,9-10,12H2,1H3,(H,19,20)(H,23,24). The zero-order valence-corrected chi connectivity index (χ0v) is 13.7. The number of aliphatic carboxylic acids is 1. The van der Waals surface area contributed by atoms with E-state index in [9.17, 15) is 14.7 Å². The number of nitrogens with one attached hydrogen (secondary N) is 1. The fourth-order valence-electron chi connectivity index (χ4n) is 3.30. The Balaban J connectivity index is 1.82. The molecule has 0 spiro atoms. The monoisotopic (exact) mass is 327 g/mol. The molecular formula is C18H21N3O3. The Morgan fingerprint density at radius 3 is 2.75 bits per heavy atom. The van der Waals surface area contributed by atoms with Crippen molar-refractivity contribution in [2.45, 2.75) is 31.6 Å². The van der Waals surface area contributed by atoms with Crippen molar-refractivity contribution >= 4 is 11.9 Å². The van der Waals surface area contributed by atoms with Crippen LogP contribution in [0.3, 0.4) is 0 Å². The van der Waals surface area contributed by atoms with E-state index < -0.39 is 11.4 Å². The van der Waals surface area contributed by atoms with Crippen LogP contribution in [0.25, 0.3) is 0 Å². The van der Waals surface area contributed by atoms with Gasteiger partial charge in [-0.15, -0.1) is 0 Å². The van der Waals surface area contributed by atoms with Crippen LogP contribution >= 0.6 is 0 Å². The summed E-state index contributed by atoms with van der Waals surface area (Å²) in [7, 11) is 0. The summed E-state index contributed by atoms with van der Waals surface area (Å²) in [5, 5.41) is 16.8. The van der Waals surface area contributed by atoms with E-state index in [1.54, 1.807) is 11.0 Å². The SMILES string of the molecule is CCCc1cc(C(=O)N2CCC(C(=O)O)(c3ccccc3)C2)n[nH]1. The second kappa shape index (κ2) is 6.47. The quantitative estimate of drug-likeness (QED) is 0.882. The van der Waals surface area contributed by atoms with E-state index in [1.165, 1.54) is 0 Å². The molecule has 6 heteroatoms. The fourth-order valence-corrected chi connectivity index (χ4v) is 3.30. The van der Waals surface area contributed by atoms with Crippen molar-refractivity contribution in [2.24, 2.45) is 0 Å². The highest BCUT2D eigenvalue weighted by Crippen LogP contribution is 2.35. The summed E-state index contributed by atoms with van der Waals surface area (Å²) in [6.07, 6.45) is 2.21. The third-order valence-corrected chi connectivity index (χ3v) is 4.66. The molecular weight excluding hydrogens is 306 g/mol. The molecule has 1 amide bonds. The van der Waals surface area contributed by atoms with Crippen molar-refractivity contribution in [1.82, 2.24) is 15.1 Å². The molecule has 1 aliphatic rings. The molecule has 0 bridgehead atoms. The predicted molar refractivity (Wildman–Crippen MR) is 88.9 cm³/mol. The highest BCUT2D eigenvalue weighted by Gasteiger charge is 2.47. The van der Waals surface area contributed by atoms with Gasteiger partial charge in [0, 0.05) is 18.8 Å². The van der Waals surface area contributed by atoms with Crippen LogP contribution in [0.2, 0.25) is 0 Å². The van der Waals surface area contributed by atoms with Gasteiger partial charge in [-0.2, -0.15) is 5.10 Å². The zero-order valence-electron chi connectivity index (χ0n) is 13.7. The number of aryl methyl sites for hydroxylation is 1. The number of hydrogen-bond acceptors (Lipinski definition) is 3. The molecule has 0 saturated carbocycles. The average molecular weight is 327 g/mol. The van der Waals surface area contributed by atoms with Gasteiger partial charge in [0.15, 0.2) is 0 Å². The first-order valence-corrected chi connectivity index (χ1v) is 8.19. The first kappa shape index (κ1) is 16.2. The number of amides is 1. The van der Waals surface area contributed by atoms with E-state index in [0.29, 0.717) is 18.7 Å². The minimum atomic E-state index is -1.04. The molecule has 0 radical (unpaired) electrons. The van der Waals surface area contributed by atoms with Crippen LogP contribution in [0.4, 0.5) is 0 Å². The summed E-state index contributed by atoms with van der Waals surface area (Å²) in [5.74, 6) is -1.11. The van der Waals surface area contributed by atoms with Gasteiger partial charge in [-0.05, 0) is 24.5 Å². The Hall–Kier alpha value is -2.63. The van der Waals surface area contributed by atoms with Crippen LogP contribution in [-0.4, -0.2) is 45.2 Å². The molecule has 1 aromatic heterocycles. The minimum absolute atomic E-state index is 0.168. The number of carbonyl (C=O) groups excluding carboxylic acids is 1. The van der Waals surface area contributed by atoms with Crippen LogP contribution in [0, 0.1) is 0 Å². The van der Waals surface area contributed by atoms with Gasteiger partial charge in [0.25, 0.3) is 5.91 Å². The molecule has 3 rings (SSSR count). The van der Waals surface area contributed by atoms with E-state index in [0.717, 1.165) is 24.1 Å². The predicted octanol–water partition coefficient (Wildman–Crippen LogP) is 2.23. The summed E-state index contributed by atoms with van der Waals surface area (Å²) < 4.78 is 0. The lowest BCUT2D eigenvalue weighted by molar-refractivity contribution is -0.143. The number of hydrogen-bond donors (Lipinski definition) is 2. The van der Waals surface area contributed by atoms with E-state index in [4.69, 9.17) is 0 Å². The Morgan fingerprint density at radius 1 is 1.33 bits per heavy atom. The second-order valence-corrected chi connectivity index (χ2v) is 6.26. The zero-order chi connectivity index (χ0) is 17.2. The summed E-state index contributed by atoms with van der Waals surface area (Å²) in [6, 6.07) is 10.9. The molecule has 1 unspecified atom stereocenters. The van der Waals surface area contributed by atoms with Gasteiger partial charge < -0.3 is 10.0 Å². The third kappa shape index (κ3) is 2.79. The Kier molecular flexibility index (Phi) is 4.38. The van der Waals surface area contributed by atoms with E-state index in [-0.39, 0.29) is 12.5 Å². The van der Waals surface area contributed by atoms with E-state index in [2.05, 4.69) is 17.1 Å². The van der Waals surface area contributed by atoms with Crippen molar-refractivity contribution in [1.29, 1.82) is 0 Å². The first-order valence-electron chi connectivity index (χ1n) is 8.19. The number of aromatic nitrogens is 2. The number of rotatable bonds is 5. The molecule has 6 nitrogen and oxygen atoms in total. The lowest BCUT2D eigenvalue weighted by Crippen LogP contribution is -2.40. The van der Waals surface area contributed by atoms with Gasteiger partial charge in [-0.1, -0.05) is 43.7 Å². The Morgan fingerprint density at radius 2 is 2.08 bits per heavy atom. The van der Waals surface area contributed by atoms with Gasteiger partial charge in [-0.3, -0.25) is 14.7 Å². The summed E-state index contributed by atoms with van der Waals surface area (Å²) in [4.78, 5) is 26.2. The van der Waals surface area contributed by atoms with Gasteiger partial charge >= 0.3 is 5.97 Å². The first-order chi connectivity index (χ1) is 11.6. The number of carboxylic acids is 1. The summed E-state index contributed by atoms with van der Waals surface area (Å²) in [5.41, 5.74) is 0.973. The van der Waals surface area contributed by atoms with E-state index >= 15 is 0 Å². The Bertz CT molecular complexity index is 741. The highest BCUT2D eigenvalue weighted by atomic mass is 16.4. The van der Waals surface area contributed by atoms with Crippen molar-refractivity contribution in [2.75, 3.05) is 13.1 Å². The molecule has 2 heterocycles. The largest absolute Gasteiger partial charge is 0.481 e.